The van der Waals surface area contributed by atoms with Gasteiger partial charge in [-0.15, -0.1) is 0 Å². The second-order valence-corrected chi connectivity index (χ2v) is 5.38. The molecular weight excluding hydrogens is 284 g/mol. The summed E-state index contributed by atoms with van der Waals surface area (Å²) in [6.07, 6.45) is 3.44. The molecule has 2 rings (SSSR count). The number of carbonyl (C=O) groups is 3. The summed E-state index contributed by atoms with van der Waals surface area (Å²) in [5.74, 6) is -0.922. The molecule has 0 atom stereocenters. The fourth-order valence-electron chi connectivity index (χ4n) is 2.41. The van der Waals surface area contributed by atoms with Gasteiger partial charge in [-0.1, -0.05) is 6.42 Å². The molecule has 0 saturated carbocycles. The zero-order valence-electron chi connectivity index (χ0n) is 12.4. The Morgan fingerprint density at radius 1 is 1.18 bits per heavy atom. The first kappa shape index (κ1) is 16.0. The van der Waals surface area contributed by atoms with E-state index in [9.17, 15) is 14.4 Å². The fraction of sp³-hybridized carbons (Fsp3) is 0.438. The first-order valence-electron chi connectivity index (χ1n) is 7.49. The maximum absolute atomic E-state index is 12.0. The lowest BCUT2D eigenvalue weighted by Crippen LogP contribution is -2.25. The Bertz CT molecular complexity index is 584. The monoisotopic (exact) mass is 304 g/mol. The second-order valence-electron chi connectivity index (χ2n) is 5.38. The summed E-state index contributed by atoms with van der Waals surface area (Å²) in [6.45, 7) is 0.534. The molecule has 6 heteroatoms. The third kappa shape index (κ3) is 4.58. The Labute approximate surface area is 128 Å². The molecule has 22 heavy (non-hydrogen) atoms. The molecule has 0 saturated heterocycles. The number of anilines is 1. The zero-order valence-corrected chi connectivity index (χ0v) is 12.4. The van der Waals surface area contributed by atoms with E-state index in [0.29, 0.717) is 31.4 Å². The van der Waals surface area contributed by atoms with E-state index in [4.69, 9.17) is 5.11 Å². The van der Waals surface area contributed by atoms with Gasteiger partial charge in [0.05, 0.1) is 0 Å². The smallest absolute Gasteiger partial charge is 0.303 e. The van der Waals surface area contributed by atoms with Crippen molar-refractivity contribution >= 4 is 23.5 Å². The van der Waals surface area contributed by atoms with Crippen LogP contribution in [0.5, 0.6) is 0 Å². The number of aryl methyl sites for hydroxylation is 1. The average molecular weight is 304 g/mol. The van der Waals surface area contributed by atoms with Crippen molar-refractivity contribution in [3.05, 3.63) is 29.3 Å². The van der Waals surface area contributed by atoms with Crippen LogP contribution in [-0.2, 0) is 16.0 Å². The lowest BCUT2D eigenvalue weighted by Gasteiger charge is -2.17. The molecule has 1 heterocycles. The van der Waals surface area contributed by atoms with Gasteiger partial charge in [0, 0.05) is 30.6 Å². The summed E-state index contributed by atoms with van der Waals surface area (Å²) in [6, 6.07) is 5.27. The summed E-state index contributed by atoms with van der Waals surface area (Å²) >= 11 is 0. The van der Waals surface area contributed by atoms with Crippen LogP contribution < -0.4 is 10.6 Å². The summed E-state index contributed by atoms with van der Waals surface area (Å²) in [7, 11) is 0. The maximum atomic E-state index is 12.0. The molecule has 1 aliphatic rings. The highest BCUT2D eigenvalue weighted by Gasteiger charge is 2.16. The van der Waals surface area contributed by atoms with E-state index in [0.717, 1.165) is 24.1 Å². The number of hydrogen-bond acceptors (Lipinski definition) is 3. The number of rotatable bonds is 7. The molecular formula is C16H20N2O4. The molecule has 2 amide bonds. The number of amides is 2. The quantitative estimate of drug-likeness (QED) is 0.671. The molecule has 0 aromatic heterocycles. The molecule has 0 spiro atoms. The topological polar surface area (TPSA) is 95.5 Å². The lowest BCUT2D eigenvalue weighted by atomic mass is 10.00. The van der Waals surface area contributed by atoms with Gasteiger partial charge in [-0.3, -0.25) is 14.4 Å². The number of benzene rings is 1. The molecule has 118 valence electrons. The van der Waals surface area contributed by atoms with Crippen molar-refractivity contribution in [1.82, 2.24) is 5.32 Å². The number of unbranched alkanes of at least 4 members (excludes halogenated alkanes) is 2. The molecule has 0 bridgehead atoms. The molecule has 6 nitrogen and oxygen atoms in total. The third-order valence-corrected chi connectivity index (χ3v) is 3.62. The third-order valence-electron chi connectivity index (χ3n) is 3.62. The van der Waals surface area contributed by atoms with Crippen LogP contribution in [-0.4, -0.2) is 29.4 Å². The van der Waals surface area contributed by atoms with Crippen LogP contribution in [0.1, 0.15) is 48.0 Å². The minimum absolute atomic E-state index is 0.00561. The van der Waals surface area contributed by atoms with Crippen molar-refractivity contribution < 1.29 is 19.5 Å². The fourth-order valence-corrected chi connectivity index (χ4v) is 2.41. The van der Waals surface area contributed by atoms with Crippen molar-refractivity contribution in [1.29, 1.82) is 0 Å². The van der Waals surface area contributed by atoms with Gasteiger partial charge in [-0.2, -0.15) is 0 Å². The maximum Gasteiger partial charge on any atom is 0.303 e. The molecule has 1 aliphatic heterocycles. The summed E-state index contributed by atoms with van der Waals surface area (Å²) in [4.78, 5) is 33.7. The average Bonchev–Trinajstić information content (AvgIpc) is 2.49. The van der Waals surface area contributed by atoms with Gasteiger partial charge < -0.3 is 15.7 Å². The standard InChI is InChI=1S/C16H20N2O4/c19-14-8-6-11-10-12(5-7-13(11)18-14)16(22)17-9-3-1-2-4-15(20)21/h5,7,10H,1-4,6,8-9H2,(H,17,22)(H,18,19)(H,20,21). The predicted octanol–water partition coefficient (Wildman–Crippen LogP) is 1.95. The van der Waals surface area contributed by atoms with E-state index >= 15 is 0 Å². The Morgan fingerprint density at radius 2 is 2.00 bits per heavy atom. The summed E-state index contributed by atoms with van der Waals surface area (Å²) < 4.78 is 0. The van der Waals surface area contributed by atoms with Crippen molar-refractivity contribution in [2.75, 3.05) is 11.9 Å². The van der Waals surface area contributed by atoms with Crippen LogP contribution in [0.3, 0.4) is 0 Å². The molecule has 0 unspecified atom stereocenters. The van der Waals surface area contributed by atoms with Crippen LogP contribution in [0, 0.1) is 0 Å². The van der Waals surface area contributed by atoms with E-state index < -0.39 is 5.97 Å². The summed E-state index contributed by atoms with van der Waals surface area (Å²) in [5.41, 5.74) is 2.34. The summed E-state index contributed by atoms with van der Waals surface area (Å²) in [5, 5.41) is 14.1. The number of carboxylic acid groups (broad SMARTS) is 1. The number of carbonyl (C=O) groups excluding carboxylic acids is 2. The first-order chi connectivity index (χ1) is 10.6. The highest BCUT2D eigenvalue weighted by molar-refractivity contribution is 5.97. The molecule has 0 radical (unpaired) electrons. The second kappa shape index (κ2) is 7.59. The van der Waals surface area contributed by atoms with Gasteiger partial charge in [0.1, 0.15) is 0 Å². The van der Waals surface area contributed by atoms with E-state index in [-0.39, 0.29) is 18.2 Å². The zero-order chi connectivity index (χ0) is 15.9. The Hall–Kier alpha value is -2.37. The Kier molecular flexibility index (Phi) is 5.52. The van der Waals surface area contributed by atoms with Gasteiger partial charge in [0.2, 0.25) is 5.91 Å². The van der Waals surface area contributed by atoms with Crippen molar-refractivity contribution in [3.8, 4) is 0 Å². The first-order valence-corrected chi connectivity index (χ1v) is 7.49. The predicted molar refractivity (Wildman–Crippen MR) is 81.8 cm³/mol. The van der Waals surface area contributed by atoms with Gasteiger partial charge >= 0.3 is 5.97 Å². The van der Waals surface area contributed by atoms with Crippen LogP contribution in [0.15, 0.2) is 18.2 Å². The number of aliphatic carboxylic acids is 1. The molecule has 0 aliphatic carbocycles. The van der Waals surface area contributed by atoms with Gasteiger partial charge in [0.15, 0.2) is 0 Å². The lowest BCUT2D eigenvalue weighted by molar-refractivity contribution is -0.137. The number of hydrogen-bond donors (Lipinski definition) is 3. The highest BCUT2D eigenvalue weighted by atomic mass is 16.4. The van der Waals surface area contributed by atoms with Gasteiger partial charge in [-0.05, 0) is 43.0 Å². The Balaban J connectivity index is 1.78. The number of fused-ring (bicyclic) bond motifs is 1. The molecule has 1 aromatic rings. The minimum Gasteiger partial charge on any atom is -0.481 e. The normalized spacial score (nSPS) is 13.2. The van der Waals surface area contributed by atoms with E-state index in [1.807, 2.05) is 6.07 Å². The van der Waals surface area contributed by atoms with Crippen molar-refractivity contribution in [2.24, 2.45) is 0 Å². The van der Waals surface area contributed by atoms with Crippen LogP contribution in [0.25, 0.3) is 0 Å². The molecule has 1 aromatic carbocycles. The molecule has 0 fully saturated rings. The Morgan fingerprint density at radius 3 is 2.77 bits per heavy atom. The van der Waals surface area contributed by atoms with Crippen LogP contribution in [0.4, 0.5) is 5.69 Å². The van der Waals surface area contributed by atoms with Gasteiger partial charge in [-0.25, -0.2) is 0 Å². The van der Waals surface area contributed by atoms with Crippen molar-refractivity contribution in [2.45, 2.75) is 38.5 Å². The SMILES string of the molecule is O=C(O)CCCCCNC(=O)c1ccc2c(c1)CCC(=O)N2. The van der Waals surface area contributed by atoms with E-state index in [1.54, 1.807) is 12.1 Å². The van der Waals surface area contributed by atoms with E-state index in [1.165, 1.54) is 0 Å². The molecule has 3 N–H and O–H groups in total. The van der Waals surface area contributed by atoms with Gasteiger partial charge in [0.25, 0.3) is 5.91 Å². The highest BCUT2D eigenvalue weighted by Crippen LogP contribution is 2.23. The van der Waals surface area contributed by atoms with Crippen LogP contribution in [0.2, 0.25) is 0 Å². The largest absolute Gasteiger partial charge is 0.481 e. The number of nitrogens with one attached hydrogen (secondary N) is 2. The van der Waals surface area contributed by atoms with Crippen LogP contribution >= 0.6 is 0 Å². The van der Waals surface area contributed by atoms with E-state index in [2.05, 4.69) is 10.6 Å². The number of carboxylic acids is 1. The minimum atomic E-state index is -0.787. The van der Waals surface area contributed by atoms with Crippen molar-refractivity contribution in [3.63, 3.8) is 0 Å².